The third-order valence-electron chi connectivity index (χ3n) is 3.27. The maximum absolute atomic E-state index is 13.2. The molecule has 6 heteroatoms. The Morgan fingerprint density at radius 2 is 2.05 bits per heavy atom. The third-order valence-corrected chi connectivity index (χ3v) is 3.47. The summed E-state index contributed by atoms with van der Waals surface area (Å²) in [6, 6.07) is 6.40. The van der Waals surface area contributed by atoms with Gasteiger partial charge in [-0.05, 0) is 25.1 Å². The van der Waals surface area contributed by atoms with Crippen LogP contribution in [0.1, 0.15) is 19.8 Å². The molecule has 0 aromatic heterocycles. The Kier molecular flexibility index (Phi) is 7.08. The zero-order valence-electron chi connectivity index (χ0n) is 12.5. The second-order valence-corrected chi connectivity index (χ2v) is 5.37. The van der Waals surface area contributed by atoms with Crippen molar-refractivity contribution in [1.82, 2.24) is 4.90 Å². The summed E-state index contributed by atoms with van der Waals surface area (Å²) < 4.78 is 13.2. The average Bonchev–Trinajstić information content (AvgIpc) is 2.45. The summed E-state index contributed by atoms with van der Waals surface area (Å²) in [5.41, 5.74) is 6.21. The quantitative estimate of drug-likeness (QED) is 0.748. The lowest BCUT2D eigenvalue weighted by atomic mass is 10.2. The molecule has 0 saturated heterocycles. The molecule has 21 heavy (non-hydrogen) atoms. The van der Waals surface area contributed by atoms with E-state index in [2.05, 4.69) is 0 Å². The summed E-state index contributed by atoms with van der Waals surface area (Å²) in [4.78, 5) is 16.0. The van der Waals surface area contributed by atoms with E-state index in [0.717, 1.165) is 5.69 Å². The van der Waals surface area contributed by atoms with Crippen LogP contribution in [-0.4, -0.2) is 42.5 Å². The van der Waals surface area contributed by atoms with Crippen LogP contribution in [0.4, 0.5) is 10.1 Å². The van der Waals surface area contributed by atoms with Gasteiger partial charge in [-0.1, -0.05) is 18.3 Å². The Bertz CT molecular complexity index is 496. The summed E-state index contributed by atoms with van der Waals surface area (Å²) in [7, 11) is 1.74. The molecule has 1 rings (SSSR count). The molecule has 1 aromatic rings. The van der Waals surface area contributed by atoms with E-state index in [1.54, 1.807) is 18.0 Å². The van der Waals surface area contributed by atoms with Crippen molar-refractivity contribution in [3.63, 3.8) is 0 Å². The van der Waals surface area contributed by atoms with Gasteiger partial charge in [0, 0.05) is 45.2 Å². The summed E-state index contributed by atoms with van der Waals surface area (Å²) in [6.07, 6.45) is 0.900. The van der Waals surface area contributed by atoms with Gasteiger partial charge in [-0.25, -0.2) is 4.39 Å². The van der Waals surface area contributed by atoms with Crippen molar-refractivity contribution in [1.29, 1.82) is 0 Å². The molecule has 0 fully saturated rings. The molecule has 0 aliphatic heterocycles. The first-order valence-corrected chi connectivity index (χ1v) is 7.37. The van der Waals surface area contributed by atoms with Crippen molar-refractivity contribution in [2.45, 2.75) is 19.8 Å². The van der Waals surface area contributed by atoms with Crippen molar-refractivity contribution < 1.29 is 9.18 Å². The number of hydrogen-bond acceptors (Lipinski definition) is 3. The average molecular weight is 311 g/mol. The fourth-order valence-corrected chi connectivity index (χ4v) is 2.06. The summed E-state index contributed by atoms with van der Waals surface area (Å²) >= 11 is 4.80. The highest BCUT2D eigenvalue weighted by Gasteiger charge is 2.12. The standard InChI is InChI=1S/C15H22FN3OS/c1-3-19(13-6-4-5-12(16)11-13)10-8-15(20)18(2)9-7-14(17)21/h4-6,11H,3,7-10H2,1-2H3,(H2,17,21). The van der Waals surface area contributed by atoms with Gasteiger partial charge in [-0.2, -0.15) is 0 Å². The maximum atomic E-state index is 13.2. The molecule has 1 amide bonds. The van der Waals surface area contributed by atoms with E-state index >= 15 is 0 Å². The Morgan fingerprint density at radius 3 is 2.62 bits per heavy atom. The number of rotatable bonds is 8. The van der Waals surface area contributed by atoms with Crippen LogP contribution in [0.5, 0.6) is 0 Å². The van der Waals surface area contributed by atoms with Gasteiger partial charge in [0.15, 0.2) is 0 Å². The molecule has 0 saturated carbocycles. The fourth-order valence-electron chi connectivity index (χ4n) is 1.97. The monoisotopic (exact) mass is 311 g/mol. The second kappa shape index (κ2) is 8.56. The van der Waals surface area contributed by atoms with Gasteiger partial charge in [0.2, 0.25) is 5.91 Å². The molecule has 0 atom stereocenters. The molecule has 0 aliphatic carbocycles. The van der Waals surface area contributed by atoms with E-state index < -0.39 is 0 Å². The number of hydrogen-bond donors (Lipinski definition) is 1. The lowest BCUT2D eigenvalue weighted by Crippen LogP contribution is -2.33. The van der Waals surface area contributed by atoms with E-state index in [4.69, 9.17) is 18.0 Å². The molecule has 0 unspecified atom stereocenters. The van der Waals surface area contributed by atoms with Gasteiger partial charge in [-0.3, -0.25) is 4.79 Å². The van der Waals surface area contributed by atoms with Gasteiger partial charge in [0.25, 0.3) is 0 Å². The topological polar surface area (TPSA) is 49.6 Å². The summed E-state index contributed by atoms with van der Waals surface area (Å²) in [5, 5.41) is 0. The Balaban J connectivity index is 2.51. The first-order chi connectivity index (χ1) is 9.93. The molecular formula is C15H22FN3OS. The molecule has 0 bridgehead atoms. The van der Waals surface area contributed by atoms with E-state index in [1.807, 2.05) is 17.9 Å². The molecular weight excluding hydrogens is 289 g/mol. The fraction of sp³-hybridized carbons (Fsp3) is 0.467. The molecule has 2 N–H and O–H groups in total. The molecule has 4 nitrogen and oxygen atoms in total. The van der Waals surface area contributed by atoms with E-state index in [1.165, 1.54) is 12.1 Å². The number of nitrogens with two attached hydrogens (primary N) is 1. The van der Waals surface area contributed by atoms with Crippen LogP contribution in [0.15, 0.2) is 24.3 Å². The van der Waals surface area contributed by atoms with Crippen LogP contribution in [0.2, 0.25) is 0 Å². The minimum atomic E-state index is -0.272. The van der Waals surface area contributed by atoms with Crippen molar-refractivity contribution in [3.8, 4) is 0 Å². The Hall–Kier alpha value is -1.69. The van der Waals surface area contributed by atoms with Gasteiger partial charge < -0.3 is 15.5 Å². The minimum absolute atomic E-state index is 0.0288. The molecule has 116 valence electrons. The smallest absolute Gasteiger partial charge is 0.224 e. The van der Waals surface area contributed by atoms with E-state index in [-0.39, 0.29) is 11.7 Å². The lowest BCUT2D eigenvalue weighted by Gasteiger charge is -2.24. The van der Waals surface area contributed by atoms with Gasteiger partial charge in [0.05, 0.1) is 4.99 Å². The number of carbonyl (C=O) groups is 1. The van der Waals surface area contributed by atoms with Gasteiger partial charge >= 0.3 is 0 Å². The molecule has 0 heterocycles. The van der Waals surface area contributed by atoms with Crippen LogP contribution in [0.25, 0.3) is 0 Å². The van der Waals surface area contributed by atoms with Crippen LogP contribution >= 0.6 is 12.2 Å². The highest BCUT2D eigenvalue weighted by atomic mass is 32.1. The van der Waals surface area contributed by atoms with Gasteiger partial charge in [-0.15, -0.1) is 0 Å². The number of nitrogens with zero attached hydrogens (tertiary/aromatic N) is 2. The van der Waals surface area contributed by atoms with Crippen molar-refractivity contribution in [2.24, 2.45) is 5.73 Å². The number of thiocarbonyl (C=S) groups is 1. The molecule has 0 spiro atoms. The van der Waals surface area contributed by atoms with Crippen molar-refractivity contribution in [3.05, 3.63) is 30.1 Å². The van der Waals surface area contributed by atoms with Crippen molar-refractivity contribution >= 4 is 28.8 Å². The molecule has 1 aromatic carbocycles. The maximum Gasteiger partial charge on any atom is 0.224 e. The lowest BCUT2D eigenvalue weighted by molar-refractivity contribution is -0.129. The SMILES string of the molecule is CCN(CCC(=O)N(C)CCC(N)=S)c1cccc(F)c1. The highest BCUT2D eigenvalue weighted by Crippen LogP contribution is 2.15. The highest BCUT2D eigenvalue weighted by molar-refractivity contribution is 7.80. The zero-order chi connectivity index (χ0) is 15.8. The third kappa shape index (κ3) is 6.08. The Labute approximate surface area is 130 Å². The van der Waals surface area contributed by atoms with E-state index in [0.29, 0.717) is 37.5 Å². The van der Waals surface area contributed by atoms with Crippen LogP contribution in [0, 0.1) is 5.82 Å². The predicted molar refractivity (Wildman–Crippen MR) is 87.9 cm³/mol. The van der Waals surface area contributed by atoms with E-state index in [9.17, 15) is 9.18 Å². The minimum Gasteiger partial charge on any atom is -0.393 e. The predicted octanol–water partition coefficient (Wildman–Crippen LogP) is 2.18. The second-order valence-electron chi connectivity index (χ2n) is 4.84. The first-order valence-electron chi connectivity index (χ1n) is 6.96. The zero-order valence-corrected chi connectivity index (χ0v) is 13.3. The number of amides is 1. The number of anilines is 1. The number of halogens is 1. The van der Waals surface area contributed by atoms with Gasteiger partial charge in [0.1, 0.15) is 5.82 Å². The first kappa shape index (κ1) is 17.4. The molecule has 0 radical (unpaired) electrons. The summed E-state index contributed by atoms with van der Waals surface area (Å²) in [5.74, 6) is -0.244. The number of benzene rings is 1. The molecule has 0 aliphatic rings. The Morgan fingerprint density at radius 1 is 1.33 bits per heavy atom. The van der Waals surface area contributed by atoms with Crippen LogP contribution < -0.4 is 10.6 Å². The normalized spacial score (nSPS) is 10.2. The summed E-state index contributed by atoms with van der Waals surface area (Å²) in [6.45, 7) is 3.77. The van der Waals surface area contributed by atoms with Crippen LogP contribution in [0.3, 0.4) is 0 Å². The number of carbonyl (C=O) groups excluding carboxylic acids is 1. The van der Waals surface area contributed by atoms with Crippen LogP contribution in [-0.2, 0) is 4.79 Å². The van der Waals surface area contributed by atoms with Crippen molar-refractivity contribution in [2.75, 3.05) is 31.6 Å². The largest absolute Gasteiger partial charge is 0.393 e.